The summed E-state index contributed by atoms with van der Waals surface area (Å²) in [5.74, 6) is 0.374. The first-order valence-electron chi connectivity index (χ1n) is 7.96. The van der Waals surface area contributed by atoms with Gasteiger partial charge in [0.1, 0.15) is 5.75 Å². The van der Waals surface area contributed by atoms with Gasteiger partial charge in [-0.05, 0) is 37.6 Å². The molecule has 0 atom stereocenters. The van der Waals surface area contributed by atoms with Crippen LogP contribution in [-0.4, -0.2) is 17.6 Å². The van der Waals surface area contributed by atoms with E-state index in [1.54, 1.807) is 25.3 Å². The van der Waals surface area contributed by atoms with Crippen molar-refractivity contribution in [2.24, 2.45) is 12.0 Å². The molecule has 0 spiro atoms. The topological polar surface area (TPSA) is 43.6 Å². The molecule has 0 aliphatic rings. The number of hydrogen-bond acceptors (Lipinski definition) is 3. The van der Waals surface area contributed by atoms with Gasteiger partial charge in [-0.25, -0.2) is 0 Å². The summed E-state index contributed by atoms with van der Waals surface area (Å²) in [7, 11) is 3.52. The number of thiazole rings is 1. The summed E-state index contributed by atoms with van der Waals surface area (Å²) in [4.78, 5) is 18.6. The predicted molar refractivity (Wildman–Crippen MR) is 101 cm³/mol. The van der Waals surface area contributed by atoms with Crippen LogP contribution in [0.15, 0.2) is 53.5 Å². The van der Waals surface area contributed by atoms with Crippen LogP contribution in [-0.2, 0) is 7.05 Å². The average molecular weight is 352 g/mol. The van der Waals surface area contributed by atoms with E-state index in [0.29, 0.717) is 16.1 Å². The lowest BCUT2D eigenvalue weighted by Crippen LogP contribution is -2.14. The maximum atomic E-state index is 12.5. The van der Waals surface area contributed by atoms with Crippen LogP contribution in [0.4, 0.5) is 0 Å². The van der Waals surface area contributed by atoms with Crippen LogP contribution < -0.4 is 9.54 Å². The molecule has 0 saturated heterocycles. The number of carbonyl (C=O) groups excluding carboxylic acids is 1. The zero-order valence-electron chi connectivity index (χ0n) is 14.7. The van der Waals surface area contributed by atoms with Gasteiger partial charge in [-0.1, -0.05) is 35.9 Å². The summed E-state index contributed by atoms with van der Waals surface area (Å²) >= 11 is 1.52. The standard InChI is InChI=1S/C20H20N2O2S/c1-13-8-10-15(11-9-13)18-14(2)25-20(22(18)3)21-19(23)16-6-5-7-17(12-16)24-4/h5-12H,1-4H3. The molecule has 0 aliphatic carbocycles. The molecule has 0 N–H and O–H groups in total. The monoisotopic (exact) mass is 352 g/mol. The molecule has 5 heteroatoms. The van der Waals surface area contributed by atoms with Crippen molar-refractivity contribution in [3.8, 4) is 17.0 Å². The smallest absolute Gasteiger partial charge is 0.279 e. The molecule has 3 rings (SSSR count). The fourth-order valence-corrected chi connectivity index (χ4v) is 3.68. The maximum absolute atomic E-state index is 12.5. The van der Waals surface area contributed by atoms with E-state index >= 15 is 0 Å². The minimum Gasteiger partial charge on any atom is -0.497 e. The Kier molecular flexibility index (Phi) is 4.86. The number of amides is 1. The third kappa shape index (κ3) is 3.56. The highest BCUT2D eigenvalue weighted by molar-refractivity contribution is 7.09. The minimum absolute atomic E-state index is 0.272. The van der Waals surface area contributed by atoms with Gasteiger partial charge in [-0.2, -0.15) is 4.99 Å². The van der Waals surface area contributed by atoms with Gasteiger partial charge >= 0.3 is 0 Å². The quantitative estimate of drug-likeness (QED) is 0.712. The van der Waals surface area contributed by atoms with E-state index in [1.165, 1.54) is 16.9 Å². The normalized spacial score (nSPS) is 11.6. The lowest BCUT2D eigenvalue weighted by Gasteiger charge is -2.05. The molecule has 2 aromatic carbocycles. The summed E-state index contributed by atoms with van der Waals surface area (Å²) < 4.78 is 7.15. The first-order valence-corrected chi connectivity index (χ1v) is 8.78. The Morgan fingerprint density at radius 3 is 2.52 bits per heavy atom. The van der Waals surface area contributed by atoms with E-state index in [0.717, 1.165) is 16.1 Å². The number of rotatable bonds is 3. The number of ether oxygens (including phenoxy) is 1. The molecular weight excluding hydrogens is 332 g/mol. The number of aryl methyl sites for hydroxylation is 2. The highest BCUT2D eigenvalue weighted by Crippen LogP contribution is 2.24. The summed E-state index contributed by atoms with van der Waals surface area (Å²) in [6.45, 7) is 4.12. The molecule has 1 amide bonds. The van der Waals surface area contributed by atoms with E-state index < -0.39 is 0 Å². The highest BCUT2D eigenvalue weighted by Gasteiger charge is 2.12. The zero-order chi connectivity index (χ0) is 18.0. The van der Waals surface area contributed by atoms with E-state index in [9.17, 15) is 4.79 Å². The Morgan fingerprint density at radius 2 is 1.84 bits per heavy atom. The van der Waals surface area contributed by atoms with Crippen molar-refractivity contribution in [2.75, 3.05) is 7.11 Å². The van der Waals surface area contributed by atoms with Gasteiger partial charge in [0.25, 0.3) is 5.91 Å². The van der Waals surface area contributed by atoms with E-state index in [-0.39, 0.29) is 5.91 Å². The molecule has 1 aromatic heterocycles. The molecule has 0 unspecified atom stereocenters. The largest absolute Gasteiger partial charge is 0.497 e. The average Bonchev–Trinajstić information content (AvgIpc) is 2.89. The Balaban J connectivity index is 2.03. The van der Waals surface area contributed by atoms with Gasteiger partial charge in [0.2, 0.25) is 0 Å². The Hall–Kier alpha value is -2.66. The Labute approximate surface area is 151 Å². The van der Waals surface area contributed by atoms with Crippen LogP contribution >= 0.6 is 11.3 Å². The van der Waals surface area contributed by atoms with Crippen molar-refractivity contribution in [2.45, 2.75) is 13.8 Å². The Morgan fingerprint density at radius 1 is 1.12 bits per heavy atom. The number of benzene rings is 2. The van der Waals surface area contributed by atoms with E-state index in [2.05, 4.69) is 43.1 Å². The molecule has 0 aliphatic heterocycles. The molecule has 0 fully saturated rings. The van der Waals surface area contributed by atoms with Crippen LogP contribution in [0.25, 0.3) is 11.3 Å². The summed E-state index contributed by atoms with van der Waals surface area (Å²) in [6.07, 6.45) is 0. The van der Waals surface area contributed by atoms with Gasteiger partial charge in [0.15, 0.2) is 4.80 Å². The number of nitrogens with zero attached hydrogens (tertiary/aromatic N) is 2. The summed E-state index contributed by atoms with van der Waals surface area (Å²) in [5.41, 5.74) is 3.94. The van der Waals surface area contributed by atoms with Crippen LogP contribution in [0, 0.1) is 13.8 Å². The third-order valence-corrected chi connectivity index (χ3v) is 5.09. The highest BCUT2D eigenvalue weighted by atomic mass is 32.1. The zero-order valence-corrected chi connectivity index (χ0v) is 15.6. The predicted octanol–water partition coefficient (Wildman–Crippen LogP) is 4.12. The second-order valence-corrected chi connectivity index (χ2v) is 7.05. The number of hydrogen-bond donors (Lipinski definition) is 0. The molecular formula is C20H20N2O2S. The van der Waals surface area contributed by atoms with Gasteiger partial charge in [-0.15, -0.1) is 11.3 Å². The second kappa shape index (κ2) is 7.07. The summed E-state index contributed by atoms with van der Waals surface area (Å²) in [5, 5.41) is 0. The molecule has 0 bridgehead atoms. The molecule has 3 aromatic rings. The van der Waals surface area contributed by atoms with Crippen molar-refractivity contribution in [3.63, 3.8) is 0 Å². The number of aromatic nitrogens is 1. The van der Waals surface area contributed by atoms with E-state index in [4.69, 9.17) is 4.74 Å². The minimum atomic E-state index is -0.272. The van der Waals surface area contributed by atoms with Crippen molar-refractivity contribution < 1.29 is 9.53 Å². The van der Waals surface area contributed by atoms with Crippen molar-refractivity contribution in [1.29, 1.82) is 0 Å². The molecule has 0 radical (unpaired) electrons. The van der Waals surface area contributed by atoms with Gasteiger partial charge in [0, 0.05) is 17.5 Å². The van der Waals surface area contributed by atoms with Crippen molar-refractivity contribution in [3.05, 3.63) is 69.3 Å². The molecule has 4 nitrogen and oxygen atoms in total. The molecule has 0 saturated carbocycles. The molecule has 25 heavy (non-hydrogen) atoms. The third-order valence-electron chi connectivity index (χ3n) is 4.04. The van der Waals surface area contributed by atoms with Gasteiger partial charge in [-0.3, -0.25) is 4.79 Å². The second-order valence-electron chi connectivity index (χ2n) is 5.86. The number of carbonyl (C=O) groups is 1. The fourth-order valence-electron chi connectivity index (χ4n) is 2.70. The first kappa shape index (κ1) is 17.2. The lowest BCUT2D eigenvalue weighted by molar-refractivity contribution is 0.0997. The van der Waals surface area contributed by atoms with Gasteiger partial charge < -0.3 is 9.30 Å². The van der Waals surface area contributed by atoms with E-state index in [1.807, 2.05) is 17.7 Å². The van der Waals surface area contributed by atoms with Crippen molar-refractivity contribution >= 4 is 17.2 Å². The first-order chi connectivity index (χ1) is 12.0. The lowest BCUT2D eigenvalue weighted by atomic mass is 10.1. The van der Waals surface area contributed by atoms with Crippen LogP contribution in [0.1, 0.15) is 20.8 Å². The van der Waals surface area contributed by atoms with Crippen LogP contribution in [0.2, 0.25) is 0 Å². The van der Waals surface area contributed by atoms with Crippen LogP contribution in [0.5, 0.6) is 5.75 Å². The fraction of sp³-hybridized carbons (Fsp3) is 0.200. The SMILES string of the molecule is COc1cccc(C(=O)N=c2sc(C)c(-c3ccc(C)cc3)n2C)c1. The molecule has 1 heterocycles. The Bertz CT molecular complexity index is 982. The molecule has 128 valence electrons. The number of methoxy groups -OCH3 is 1. The van der Waals surface area contributed by atoms with Crippen molar-refractivity contribution in [1.82, 2.24) is 4.57 Å². The maximum Gasteiger partial charge on any atom is 0.279 e. The van der Waals surface area contributed by atoms with Crippen LogP contribution in [0.3, 0.4) is 0 Å². The van der Waals surface area contributed by atoms with Gasteiger partial charge in [0.05, 0.1) is 12.8 Å². The summed E-state index contributed by atoms with van der Waals surface area (Å²) in [6, 6.07) is 15.4.